The largest absolute Gasteiger partial charge is 0.478 e. The molecule has 3 amide bonds. The standard InChI is InChI=1S/C12H15N3O4/c13-10(16)5-2-6-14-12(19)15-9-4-1-3-8(7-9)11(17)18/h1,3-4,7H,2,5-6H2,(H2,13,16)(H,17,18)(H2,14,15,19). The summed E-state index contributed by atoms with van der Waals surface area (Å²) in [4.78, 5) is 32.7. The number of hydrogen-bond donors (Lipinski definition) is 4. The van der Waals surface area contributed by atoms with Gasteiger partial charge < -0.3 is 21.5 Å². The highest BCUT2D eigenvalue weighted by Gasteiger charge is 2.05. The zero-order valence-electron chi connectivity index (χ0n) is 10.2. The van der Waals surface area contributed by atoms with Gasteiger partial charge in [-0.1, -0.05) is 6.07 Å². The molecule has 7 heteroatoms. The molecule has 0 atom stereocenters. The second-order valence-electron chi connectivity index (χ2n) is 3.84. The second-order valence-corrected chi connectivity index (χ2v) is 3.84. The third-order valence-corrected chi connectivity index (χ3v) is 2.25. The summed E-state index contributed by atoms with van der Waals surface area (Å²) in [5.74, 6) is -1.48. The first kappa shape index (κ1) is 14.5. The van der Waals surface area contributed by atoms with Crippen LogP contribution in [0.4, 0.5) is 10.5 Å². The number of nitrogens with two attached hydrogens (primary N) is 1. The molecule has 0 aromatic heterocycles. The summed E-state index contributed by atoms with van der Waals surface area (Å²) >= 11 is 0. The van der Waals surface area contributed by atoms with Gasteiger partial charge in [0.2, 0.25) is 5.91 Å². The van der Waals surface area contributed by atoms with E-state index in [1.54, 1.807) is 6.07 Å². The van der Waals surface area contributed by atoms with Crippen molar-refractivity contribution < 1.29 is 19.5 Å². The van der Waals surface area contributed by atoms with Crippen LogP contribution >= 0.6 is 0 Å². The van der Waals surface area contributed by atoms with Crippen molar-refractivity contribution >= 4 is 23.6 Å². The monoisotopic (exact) mass is 265 g/mol. The molecule has 102 valence electrons. The van der Waals surface area contributed by atoms with Gasteiger partial charge in [0.05, 0.1) is 5.56 Å². The molecular formula is C12H15N3O4. The Balaban J connectivity index is 2.42. The van der Waals surface area contributed by atoms with E-state index in [1.165, 1.54) is 18.2 Å². The van der Waals surface area contributed by atoms with Gasteiger partial charge in [-0.2, -0.15) is 0 Å². The lowest BCUT2D eigenvalue weighted by atomic mass is 10.2. The number of carboxylic acids is 1. The number of hydrogen-bond acceptors (Lipinski definition) is 3. The highest BCUT2D eigenvalue weighted by atomic mass is 16.4. The maximum Gasteiger partial charge on any atom is 0.335 e. The Bertz CT molecular complexity index is 488. The molecule has 0 radical (unpaired) electrons. The zero-order chi connectivity index (χ0) is 14.3. The van der Waals surface area contributed by atoms with Gasteiger partial charge in [0.1, 0.15) is 0 Å². The van der Waals surface area contributed by atoms with Crippen LogP contribution in [0.2, 0.25) is 0 Å². The molecule has 0 bridgehead atoms. The van der Waals surface area contributed by atoms with Crippen LogP contribution in [0.1, 0.15) is 23.2 Å². The van der Waals surface area contributed by atoms with Gasteiger partial charge >= 0.3 is 12.0 Å². The molecule has 0 spiro atoms. The molecule has 1 rings (SSSR count). The SMILES string of the molecule is NC(=O)CCCNC(=O)Nc1cccc(C(=O)O)c1. The van der Waals surface area contributed by atoms with Gasteiger partial charge in [-0.3, -0.25) is 4.79 Å². The molecular weight excluding hydrogens is 250 g/mol. The van der Waals surface area contributed by atoms with E-state index in [2.05, 4.69) is 10.6 Å². The van der Waals surface area contributed by atoms with Crippen LogP contribution in [-0.2, 0) is 4.79 Å². The average molecular weight is 265 g/mol. The summed E-state index contributed by atoms with van der Waals surface area (Å²) in [7, 11) is 0. The summed E-state index contributed by atoms with van der Waals surface area (Å²) in [5.41, 5.74) is 5.43. The lowest BCUT2D eigenvalue weighted by Gasteiger charge is -2.07. The van der Waals surface area contributed by atoms with Crippen LogP contribution < -0.4 is 16.4 Å². The van der Waals surface area contributed by atoms with Crippen molar-refractivity contribution in [2.24, 2.45) is 5.73 Å². The van der Waals surface area contributed by atoms with Gasteiger partial charge in [0.15, 0.2) is 0 Å². The molecule has 1 aromatic carbocycles. The smallest absolute Gasteiger partial charge is 0.335 e. The van der Waals surface area contributed by atoms with E-state index in [0.717, 1.165) is 0 Å². The Labute approximate surface area is 109 Å². The first-order valence-electron chi connectivity index (χ1n) is 5.65. The van der Waals surface area contributed by atoms with Gasteiger partial charge in [0, 0.05) is 18.7 Å². The van der Waals surface area contributed by atoms with Crippen molar-refractivity contribution in [1.82, 2.24) is 5.32 Å². The highest BCUT2D eigenvalue weighted by Crippen LogP contribution is 2.10. The predicted molar refractivity (Wildman–Crippen MR) is 68.9 cm³/mol. The fraction of sp³-hybridized carbons (Fsp3) is 0.250. The third kappa shape index (κ3) is 5.53. The van der Waals surface area contributed by atoms with E-state index in [1.807, 2.05) is 0 Å². The maximum atomic E-state index is 11.5. The van der Waals surface area contributed by atoms with Gasteiger partial charge in [0.25, 0.3) is 0 Å². The number of carbonyl (C=O) groups is 3. The number of amides is 3. The second kappa shape index (κ2) is 7.00. The van der Waals surface area contributed by atoms with Crippen molar-refractivity contribution in [1.29, 1.82) is 0 Å². The number of rotatable bonds is 6. The molecule has 19 heavy (non-hydrogen) atoms. The number of carbonyl (C=O) groups excluding carboxylic acids is 2. The van der Waals surface area contributed by atoms with E-state index >= 15 is 0 Å². The minimum Gasteiger partial charge on any atom is -0.478 e. The van der Waals surface area contributed by atoms with Crippen LogP contribution in [0.25, 0.3) is 0 Å². The molecule has 0 saturated carbocycles. The molecule has 0 fully saturated rings. The molecule has 0 heterocycles. The van der Waals surface area contributed by atoms with Gasteiger partial charge in [-0.05, 0) is 24.6 Å². The normalized spacial score (nSPS) is 9.68. The van der Waals surface area contributed by atoms with Gasteiger partial charge in [-0.15, -0.1) is 0 Å². The molecule has 0 saturated heterocycles. The highest BCUT2D eigenvalue weighted by molar-refractivity contribution is 5.93. The Morgan fingerprint density at radius 1 is 1.26 bits per heavy atom. The number of benzene rings is 1. The fourth-order valence-electron chi connectivity index (χ4n) is 1.37. The summed E-state index contributed by atoms with van der Waals surface area (Å²) < 4.78 is 0. The Kier molecular flexibility index (Phi) is 5.34. The van der Waals surface area contributed by atoms with Gasteiger partial charge in [-0.25, -0.2) is 9.59 Å². The quantitative estimate of drug-likeness (QED) is 0.567. The lowest BCUT2D eigenvalue weighted by Crippen LogP contribution is -2.30. The number of anilines is 1. The van der Waals surface area contributed by atoms with Crippen LogP contribution in [0.5, 0.6) is 0 Å². The van der Waals surface area contributed by atoms with Crippen molar-refractivity contribution in [2.45, 2.75) is 12.8 Å². The van der Waals surface area contributed by atoms with Crippen LogP contribution in [-0.4, -0.2) is 29.6 Å². The van der Waals surface area contributed by atoms with E-state index in [0.29, 0.717) is 18.7 Å². The van der Waals surface area contributed by atoms with Crippen molar-refractivity contribution in [3.63, 3.8) is 0 Å². The molecule has 0 unspecified atom stereocenters. The van der Waals surface area contributed by atoms with E-state index < -0.39 is 17.9 Å². The third-order valence-electron chi connectivity index (χ3n) is 2.25. The minimum atomic E-state index is -1.06. The zero-order valence-corrected chi connectivity index (χ0v) is 10.2. The van der Waals surface area contributed by atoms with Crippen LogP contribution in [0, 0.1) is 0 Å². The molecule has 1 aromatic rings. The Morgan fingerprint density at radius 3 is 2.63 bits per heavy atom. The van der Waals surface area contributed by atoms with Crippen LogP contribution in [0.15, 0.2) is 24.3 Å². The molecule has 7 nitrogen and oxygen atoms in total. The Morgan fingerprint density at radius 2 is 2.00 bits per heavy atom. The average Bonchev–Trinajstić information content (AvgIpc) is 2.34. The van der Waals surface area contributed by atoms with E-state index in [-0.39, 0.29) is 12.0 Å². The van der Waals surface area contributed by atoms with E-state index in [4.69, 9.17) is 10.8 Å². The molecule has 0 aliphatic rings. The first-order chi connectivity index (χ1) is 8.99. The van der Waals surface area contributed by atoms with Crippen molar-refractivity contribution in [3.8, 4) is 0 Å². The number of urea groups is 1. The molecule has 0 aliphatic heterocycles. The topological polar surface area (TPSA) is 122 Å². The predicted octanol–water partition coefficient (Wildman–Crippen LogP) is 0.772. The summed E-state index contributed by atoms with van der Waals surface area (Å²) in [6.45, 7) is 0.313. The first-order valence-corrected chi connectivity index (χ1v) is 5.65. The Hall–Kier alpha value is -2.57. The number of carboxylic acid groups (broad SMARTS) is 1. The van der Waals surface area contributed by atoms with Crippen molar-refractivity contribution in [2.75, 3.05) is 11.9 Å². The summed E-state index contributed by atoms with van der Waals surface area (Å²) in [5, 5.41) is 13.8. The maximum absolute atomic E-state index is 11.5. The lowest BCUT2D eigenvalue weighted by molar-refractivity contribution is -0.118. The van der Waals surface area contributed by atoms with Crippen molar-refractivity contribution in [3.05, 3.63) is 29.8 Å². The minimum absolute atomic E-state index is 0.0894. The summed E-state index contributed by atoms with van der Waals surface area (Å²) in [6.07, 6.45) is 0.659. The molecule has 5 N–H and O–H groups in total. The van der Waals surface area contributed by atoms with E-state index in [9.17, 15) is 14.4 Å². The number of primary amides is 1. The molecule has 0 aliphatic carbocycles. The van der Waals surface area contributed by atoms with Crippen LogP contribution in [0.3, 0.4) is 0 Å². The summed E-state index contributed by atoms with van der Waals surface area (Å²) in [6, 6.07) is 5.43. The number of aromatic carboxylic acids is 1. The number of nitrogens with one attached hydrogen (secondary N) is 2. The fourth-order valence-corrected chi connectivity index (χ4v) is 1.37.